The van der Waals surface area contributed by atoms with Gasteiger partial charge in [-0.3, -0.25) is 0 Å². The molecular weight excluding hydrogens is 855 g/mol. The minimum atomic E-state index is -2.53. The highest BCUT2D eigenvalue weighted by Gasteiger charge is 2.46. The number of benzene rings is 9. The van der Waals surface area contributed by atoms with Crippen molar-refractivity contribution >= 4 is 67.2 Å². The summed E-state index contributed by atoms with van der Waals surface area (Å²) in [7, 11) is -2.53. The molecule has 0 saturated heterocycles. The van der Waals surface area contributed by atoms with E-state index in [2.05, 4.69) is 203 Å². The molecule has 69 heavy (non-hydrogen) atoms. The summed E-state index contributed by atoms with van der Waals surface area (Å²) in [6.07, 6.45) is 6.42. The molecule has 5 nitrogen and oxygen atoms in total. The van der Waals surface area contributed by atoms with E-state index in [1.165, 1.54) is 85.9 Å². The van der Waals surface area contributed by atoms with Crippen LogP contribution in [0.15, 0.2) is 231 Å². The van der Waals surface area contributed by atoms with Crippen LogP contribution in [0.3, 0.4) is 0 Å². The molecule has 0 atom stereocenters. The van der Waals surface area contributed by atoms with Crippen molar-refractivity contribution in [2.24, 2.45) is 0 Å². The number of nitrogens with zero attached hydrogens (tertiary/aromatic N) is 5. The minimum absolute atomic E-state index is 0.600. The summed E-state index contributed by atoms with van der Waals surface area (Å²) in [5, 5.41) is 9.40. The molecule has 3 heterocycles. The molecule has 0 radical (unpaired) electrons. The summed E-state index contributed by atoms with van der Waals surface area (Å²) >= 11 is 0. The molecule has 6 heteroatoms. The third-order valence-corrected chi connectivity index (χ3v) is 20.3. The van der Waals surface area contributed by atoms with E-state index in [-0.39, 0.29) is 0 Å². The average molecular weight is 904 g/mol. The lowest BCUT2D eigenvalue weighted by Gasteiger charge is -2.42. The van der Waals surface area contributed by atoms with E-state index in [4.69, 9.17) is 15.0 Å². The number of hydrogen-bond donors (Lipinski definition) is 0. The van der Waals surface area contributed by atoms with Gasteiger partial charge in [-0.1, -0.05) is 214 Å². The smallest absolute Gasteiger partial charge is 0.164 e. The highest BCUT2D eigenvalue weighted by molar-refractivity contribution is 7.12. The fourth-order valence-electron chi connectivity index (χ4n) is 11.7. The van der Waals surface area contributed by atoms with Crippen LogP contribution in [-0.2, 0) is 0 Å². The van der Waals surface area contributed by atoms with Crippen LogP contribution in [0.1, 0.15) is 32.1 Å². The first-order valence-electron chi connectivity index (χ1n) is 24.4. The van der Waals surface area contributed by atoms with Gasteiger partial charge in [0.1, 0.15) is 0 Å². The van der Waals surface area contributed by atoms with Gasteiger partial charge in [0.2, 0.25) is 0 Å². The molecule has 3 aromatic heterocycles. The SMILES string of the molecule is c1ccc(-c2nc(-c3ccccc3)nc(-c3cccc(-n4c5ccccc5c5cc6c7ccccc7n(-c7cccc([Si](c8ccccc8)(c8ccccc8)C8CCCCC8)c7)c6cc54)c3)n2)cc1. The van der Waals surface area contributed by atoms with Crippen molar-refractivity contribution in [3.8, 4) is 45.5 Å². The molecule has 1 aliphatic rings. The predicted octanol–water partition coefficient (Wildman–Crippen LogP) is 13.9. The van der Waals surface area contributed by atoms with Crippen molar-refractivity contribution in [3.05, 3.63) is 231 Å². The summed E-state index contributed by atoms with van der Waals surface area (Å²) < 4.78 is 4.96. The number of hydrogen-bond acceptors (Lipinski definition) is 3. The first-order valence-corrected chi connectivity index (χ1v) is 26.5. The molecule has 0 amide bonds. The normalized spacial score (nSPS) is 13.4. The van der Waals surface area contributed by atoms with Crippen LogP contribution < -0.4 is 15.6 Å². The molecule has 0 unspecified atom stereocenters. The zero-order chi connectivity index (χ0) is 45.7. The second-order valence-corrected chi connectivity index (χ2v) is 22.8. The van der Waals surface area contributed by atoms with E-state index in [0.717, 1.165) is 33.4 Å². The van der Waals surface area contributed by atoms with Crippen molar-refractivity contribution in [3.63, 3.8) is 0 Å². The Morgan fingerprint density at radius 2 is 0.739 bits per heavy atom. The van der Waals surface area contributed by atoms with Gasteiger partial charge < -0.3 is 9.13 Å². The third kappa shape index (κ3) is 6.93. The monoisotopic (exact) mass is 903 g/mol. The summed E-state index contributed by atoms with van der Waals surface area (Å²) in [6, 6.07) is 84.5. The summed E-state index contributed by atoms with van der Waals surface area (Å²) in [5.41, 5.74) is 10.3. The minimum Gasteiger partial charge on any atom is -0.309 e. The van der Waals surface area contributed by atoms with Gasteiger partial charge in [-0.25, -0.2) is 15.0 Å². The van der Waals surface area contributed by atoms with Crippen LogP contribution in [0.5, 0.6) is 0 Å². The van der Waals surface area contributed by atoms with Crippen LogP contribution in [-0.4, -0.2) is 32.2 Å². The van der Waals surface area contributed by atoms with Gasteiger partial charge in [0, 0.05) is 49.6 Å². The van der Waals surface area contributed by atoms with Crippen molar-refractivity contribution in [2.45, 2.75) is 37.6 Å². The van der Waals surface area contributed by atoms with E-state index >= 15 is 0 Å². The molecule has 0 bridgehead atoms. The number of aromatic nitrogens is 5. The quantitative estimate of drug-likeness (QED) is 0.107. The van der Waals surface area contributed by atoms with E-state index in [9.17, 15) is 0 Å². The Labute approximate surface area is 403 Å². The topological polar surface area (TPSA) is 48.5 Å². The van der Waals surface area contributed by atoms with E-state index in [1.807, 2.05) is 36.4 Å². The van der Waals surface area contributed by atoms with Crippen LogP contribution in [0.25, 0.3) is 89.2 Å². The summed E-state index contributed by atoms with van der Waals surface area (Å²) in [4.78, 5) is 15.2. The van der Waals surface area contributed by atoms with Crippen LogP contribution in [0, 0.1) is 0 Å². The van der Waals surface area contributed by atoms with Crippen molar-refractivity contribution in [1.82, 2.24) is 24.1 Å². The predicted molar refractivity (Wildman–Crippen MR) is 289 cm³/mol. The average Bonchev–Trinajstić information content (AvgIpc) is 3.94. The van der Waals surface area contributed by atoms with Gasteiger partial charge in [0.05, 0.1) is 22.1 Å². The Kier molecular flexibility index (Phi) is 10.2. The van der Waals surface area contributed by atoms with Gasteiger partial charge in [0.25, 0.3) is 0 Å². The first-order chi connectivity index (χ1) is 34.2. The molecule has 12 aromatic rings. The summed E-state index contributed by atoms with van der Waals surface area (Å²) in [5.74, 6) is 1.92. The molecule has 0 aliphatic heterocycles. The number of para-hydroxylation sites is 2. The van der Waals surface area contributed by atoms with Gasteiger partial charge in [-0.15, -0.1) is 0 Å². The molecule has 0 N–H and O–H groups in total. The standard InChI is InChI=1S/C63H49N5Si/c1-6-22-44(23-7-1)61-64-62(45-24-8-2-9-25-45)66-63(65-61)46-26-20-27-47(40-46)67-57-38-18-16-36-53(57)55-42-56-54-37-17-19-39-58(54)68(60(56)43-59(55)67)48-28-21-35-52(41-48)69(49-29-10-3-11-30-49,50-31-12-4-13-32-50)51-33-14-5-15-34-51/h1-4,6-13,16-32,35-43,51H,5,14-15,33-34H2. The molecular formula is C63H49N5Si. The highest BCUT2D eigenvalue weighted by Crippen LogP contribution is 2.41. The maximum Gasteiger partial charge on any atom is 0.164 e. The fraction of sp³-hybridized carbons (Fsp3) is 0.0952. The second kappa shape index (κ2) is 17.2. The van der Waals surface area contributed by atoms with E-state index < -0.39 is 8.07 Å². The Morgan fingerprint density at radius 3 is 1.28 bits per heavy atom. The lowest BCUT2D eigenvalue weighted by molar-refractivity contribution is 0.497. The lowest BCUT2D eigenvalue weighted by atomic mass is 10.0. The third-order valence-electron chi connectivity index (χ3n) is 14.8. The molecule has 1 aliphatic carbocycles. The van der Waals surface area contributed by atoms with Gasteiger partial charge in [-0.2, -0.15) is 0 Å². The summed E-state index contributed by atoms with van der Waals surface area (Å²) in [6.45, 7) is 0. The lowest BCUT2D eigenvalue weighted by Crippen LogP contribution is -2.70. The zero-order valence-corrected chi connectivity index (χ0v) is 39.3. The number of fused-ring (bicyclic) bond motifs is 6. The molecule has 1 saturated carbocycles. The van der Waals surface area contributed by atoms with Crippen LogP contribution in [0.4, 0.5) is 0 Å². The Bertz CT molecular complexity index is 3720. The van der Waals surface area contributed by atoms with Crippen LogP contribution in [0.2, 0.25) is 5.54 Å². The molecule has 13 rings (SSSR count). The Hall–Kier alpha value is -8.19. The van der Waals surface area contributed by atoms with Crippen molar-refractivity contribution < 1.29 is 0 Å². The Morgan fingerprint density at radius 1 is 0.319 bits per heavy atom. The molecule has 1 fully saturated rings. The largest absolute Gasteiger partial charge is 0.309 e. The first kappa shape index (κ1) is 41.0. The van der Waals surface area contributed by atoms with Crippen molar-refractivity contribution in [2.75, 3.05) is 0 Å². The van der Waals surface area contributed by atoms with Gasteiger partial charge >= 0.3 is 0 Å². The maximum absolute atomic E-state index is 5.12. The molecule has 330 valence electrons. The molecule has 9 aromatic carbocycles. The second-order valence-electron chi connectivity index (χ2n) is 18.6. The van der Waals surface area contributed by atoms with E-state index in [1.54, 1.807) is 0 Å². The fourth-order valence-corrected chi connectivity index (χ4v) is 17.6. The van der Waals surface area contributed by atoms with Gasteiger partial charge in [0.15, 0.2) is 25.5 Å². The van der Waals surface area contributed by atoms with Gasteiger partial charge in [-0.05, 0) is 69.6 Å². The zero-order valence-electron chi connectivity index (χ0n) is 38.3. The van der Waals surface area contributed by atoms with E-state index in [0.29, 0.717) is 23.0 Å². The van der Waals surface area contributed by atoms with Crippen molar-refractivity contribution in [1.29, 1.82) is 0 Å². The molecule has 0 spiro atoms. The van der Waals surface area contributed by atoms with Crippen LogP contribution >= 0.6 is 0 Å². The Balaban J connectivity index is 1.03. The highest BCUT2D eigenvalue weighted by atomic mass is 28.3. The maximum atomic E-state index is 5.12. The number of rotatable bonds is 9.